The fourth-order valence-corrected chi connectivity index (χ4v) is 4.07. The topological polar surface area (TPSA) is 97.5 Å². The van der Waals surface area contributed by atoms with Gasteiger partial charge in [0.1, 0.15) is 11.5 Å². The summed E-state index contributed by atoms with van der Waals surface area (Å²) in [5.41, 5.74) is 1.22. The Bertz CT molecular complexity index is 1160. The number of aryl methyl sites for hydroxylation is 1. The molecule has 2 aromatic heterocycles. The molecule has 0 radical (unpaired) electrons. The van der Waals surface area contributed by atoms with Gasteiger partial charge < -0.3 is 19.3 Å². The van der Waals surface area contributed by atoms with E-state index in [1.165, 1.54) is 17.3 Å². The Balaban J connectivity index is 1.70. The van der Waals surface area contributed by atoms with E-state index in [4.69, 9.17) is 4.74 Å². The van der Waals surface area contributed by atoms with Crippen molar-refractivity contribution in [3.63, 3.8) is 0 Å². The first-order chi connectivity index (χ1) is 16.6. The number of pyridine rings is 1. The summed E-state index contributed by atoms with van der Waals surface area (Å²) < 4.78 is 7.78. The highest BCUT2D eigenvalue weighted by Gasteiger charge is 2.45. The van der Waals surface area contributed by atoms with Crippen LogP contribution in [0.2, 0.25) is 0 Å². The third kappa shape index (κ3) is 5.01. The molecule has 1 N–H and O–H groups in total. The molecule has 1 saturated heterocycles. The first-order valence-corrected chi connectivity index (χ1v) is 11.5. The van der Waals surface area contributed by atoms with Gasteiger partial charge in [-0.2, -0.15) is 0 Å². The van der Waals surface area contributed by atoms with Crippen molar-refractivity contribution in [2.75, 3.05) is 13.2 Å². The van der Waals surface area contributed by atoms with Gasteiger partial charge in [-0.3, -0.25) is 14.6 Å². The fraction of sp³-hybridized carbons (Fsp3) is 0.308. The predicted molar refractivity (Wildman–Crippen MR) is 127 cm³/mol. The van der Waals surface area contributed by atoms with Gasteiger partial charge in [0.15, 0.2) is 0 Å². The van der Waals surface area contributed by atoms with Crippen LogP contribution in [0.3, 0.4) is 0 Å². The Morgan fingerprint density at radius 2 is 1.88 bits per heavy atom. The van der Waals surface area contributed by atoms with Crippen molar-refractivity contribution in [3.8, 4) is 5.75 Å². The molecule has 0 aliphatic carbocycles. The Morgan fingerprint density at radius 1 is 1.06 bits per heavy atom. The van der Waals surface area contributed by atoms with Crippen molar-refractivity contribution in [1.29, 1.82) is 0 Å². The van der Waals surface area contributed by atoms with E-state index in [0.717, 1.165) is 12.8 Å². The molecule has 3 aromatic rings. The van der Waals surface area contributed by atoms with Crippen LogP contribution in [0.15, 0.2) is 73.1 Å². The minimum absolute atomic E-state index is 0.0736. The molecular formula is C26H28N4O4. The van der Waals surface area contributed by atoms with Gasteiger partial charge in [0.2, 0.25) is 0 Å². The molecule has 0 spiro atoms. The van der Waals surface area contributed by atoms with Crippen LogP contribution >= 0.6 is 0 Å². The van der Waals surface area contributed by atoms with E-state index in [2.05, 4.69) is 16.9 Å². The number of carbonyl (C=O) groups excluding carboxylic acids is 2. The Kier molecular flexibility index (Phi) is 7.37. The number of nitrogens with zero attached hydrogens (tertiary/aromatic N) is 4. The smallest absolute Gasteiger partial charge is 0.295 e. The maximum atomic E-state index is 13.1. The summed E-state index contributed by atoms with van der Waals surface area (Å²) in [4.78, 5) is 35.8. The van der Waals surface area contributed by atoms with Crippen molar-refractivity contribution in [1.82, 2.24) is 19.4 Å². The van der Waals surface area contributed by atoms with Crippen LogP contribution in [-0.2, 0) is 16.1 Å². The van der Waals surface area contributed by atoms with Crippen LogP contribution in [0, 0.1) is 0 Å². The number of rotatable bonds is 10. The highest BCUT2D eigenvalue weighted by atomic mass is 16.5. The van der Waals surface area contributed by atoms with Crippen LogP contribution in [0.25, 0.3) is 5.76 Å². The molecular weight excluding hydrogens is 432 g/mol. The number of ketones is 1. The largest absolute Gasteiger partial charge is 0.507 e. The normalized spacial score (nSPS) is 17.3. The van der Waals surface area contributed by atoms with Gasteiger partial charge in [-0.15, -0.1) is 0 Å². The van der Waals surface area contributed by atoms with Gasteiger partial charge in [-0.05, 0) is 42.7 Å². The van der Waals surface area contributed by atoms with Crippen LogP contribution in [0.1, 0.15) is 43.4 Å². The number of Topliss-reactive ketones (excluding diaryl/α,β-unsaturated/α-hetero) is 1. The third-order valence-corrected chi connectivity index (χ3v) is 5.81. The third-order valence-electron chi connectivity index (χ3n) is 5.81. The molecule has 176 valence electrons. The molecule has 1 unspecified atom stereocenters. The molecule has 1 atom stereocenters. The maximum Gasteiger partial charge on any atom is 0.295 e. The number of aromatic nitrogens is 3. The maximum absolute atomic E-state index is 13.1. The SMILES string of the molecule is CCCCOc1cccc(C2C(=C(O)c3ccncc3)C(=O)C(=O)N2CCCn2ccnc2)c1. The number of hydrogen-bond donors (Lipinski definition) is 1. The highest BCUT2D eigenvalue weighted by molar-refractivity contribution is 6.46. The number of imidazole rings is 1. The first kappa shape index (κ1) is 23.2. The number of unbranched alkanes of at least 4 members (excludes halogenated alkanes) is 1. The molecule has 3 heterocycles. The van der Waals surface area contributed by atoms with Gasteiger partial charge >= 0.3 is 0 Å². The summed E-state index contributed by atoms with van der Waals surface area (Å²) in [6, 6.07) is 9.90. The molecule has 0 saturated carbocycles. The van der Waals surface area contributed by atoms with Gasteiger partial charge in [0.05, 0.1) is 24.5 Å². The zero-order chi connectivity index (χ0) is 23.9. The lowest BCUT2D eigenvalue weighted by Gasteiger charge is -2.25. The number of amides is 1. The summed E-state index contributed by atoms with van der Waals surface area (Å²) in [6.45, 7) is 3.68. The minimum Gasteiger partial charge on any atom is -0.507 e. The molecule has 1 amide bonds. The first-order valence-electron chi connectivity index (χ1n) is 11.5. The summed E-state index contributed by atoms with van der Waals surface area (Å²) in [5, 5.41) is 11.1. The van der Waals surface area contributed by atoms with Crippen LogP contribution < -0.4 is 4.74 Å². The quantitative estimate of drug-likeness (QED) is 0.213. The monoisotopic (exact) mass is 460 g/mol. The second-order valence-corrected chi connectivity index (χ2v) is 8.16. The number of aliphatic hydroxyl groups is 1. The predicted octanol–water partition coefficient (Wildman–Crippen LogP) is 3.97. The number of carbonyl (C=O) groups is 2. The van der Waals surface area contributed by atoms with Crippen LogP contribution in [-0.4, -0.2) is 49.4 Å². The summed E-state index contributed by atoms with van der Waals surface area (Å²) >= 11 is 0. The average molecular weight is 461 g/mol. The standard InChI is InChI=1S/C26H28N4O4/c1-2-3-16-34-21-7-4-6-20(17-21)23-22(24(31)19-8-10-27-11-9-19)25(32)26(33)30(23)14-5-13-29-15-12-28-18-29/h4,6-12,15,17-18,23,31H,2-3,5,13-14,16H2,1H3. The Morgan fingerprint density at radius 3 is 2.62 bits per heavy atom. The molecule has 0 bridgehead atoms. The summed E-state index contributed by atoms with van der Waals surface area (Å²) in [6.07, 6.45) is 10.9. The minimum atomic E-state index is -0.717. The molecule has 1 aliphatic rings. The van der Waals surface area contributed by atoms with E-state index < -0.39 is 17.7 Å². The summed E-state index contributed by atoms with van der Waals surface area (Å²) in [5.74, 6) is -0.859. The van der Waals surface area contributed by atoms with Crippen LogP contribution in [0.5, 0.6) is 5.75 Å². The second kappa shape index (κ2) is 10.8. The molecule has 8 nitrogen and oxygen atoms in total. The van der Waals surface area contributed by atoms with E-state index in [9.17, 15) is 14.7 Å². The number of ether oxygens (including phenoxy) is 1. The lowest BCUT2D eigenvalue weighted by atomic mass is 9.95. The van der Waals surface area contributed by atoms with Gasteiger partial charge in [-0.25, -0.2) is 4.98 Å². The van der Waals surface area contributed by atoms with Crippen molar-refractivity contribution in [3.05, 3.63) is 84.2 Å². The zero-order valence-corrected chi connectivity index (χ0v) is 19.1. The molecule has 1 aromatic carbocycles. The number of benzene rings is 1. The van der Waals surface area contributed by atoms with Crippen LogP contribution in [0.4, 0.5) is 0 Å². The van der Waals surface area contributed by atoms with Crippen molar-refractivity contribution >= 4 is 17.4 Å². The second-order valence-electron chi connectivity index (χ2n) is 8.16. The molecule has 1 fully saturated rings. The number of hydrogen-bond acceptors (Lipinski definition) is 6. The number of aliphatic hydroxyl groups excluding tert-OH is 1. The Labute approximate surface area is 198 Å². The number of likely N-dealkylation sites (tertiary alicyclic amines) is 1. The molecule has 8 heteroatoms. The van der Waals surface area contributed by atoms with E-state index in [1.54, 1.807) is 24.7 Å². The van der Waals surface area contributed by atoms with E-state index in [-0.39, 0.29) is 11.3 Å². The van der Waals surface area contributed by atoms with E-state index in [0.29, 0.717) is 43.0 Å². The zero-order valence-electron chi connectivity index (χ0n) is 19.1. The lowest BCUT2D eigenvalue weighted by Crippen LogP contribution is -2.31. The molecule has 1 aliphatic heterocycles. The van der Waals surface area contributed by atoms with Crippen molar-refractivity contribution in [2.24, 2.45) is 0 Å². The van der Waals surface area contributed by atoms with E-state index >= 15 is 0 Å². The van der Waals surface area contributed by atoms with E-state index in [1.807, 2.05) is 35.0 Å². The van der Waals surface area contributed by atoms with Gasteiger partial charge in [0, 0.05) is 43.4 Å². The van der Waals surface area contributed by atoms with Gasteiger partial charge in [-0.1, -0.05) is 25.5 Å². The molecule has 34 heavy (non-hydrogen) atoms. The highest BCUT2D eigenvalue weighted by Crippen LogP contribution is 2.40. The summed E-state index contributed by atoms with van der Waals surface area (Å²) in [7, 11) is 0. The fourth-order valence-electron chi connectivity index (χ4n) is 4.07. The van der Waals surface area contributed by atoms with Crippen molar-refractivity contribution < 1.29 is 19.4 Å². The Hall–Kier alpha value is -3.94. The lowest BCUT2D eigenvalue weighted by molar-refractivity contribution is -0.139. The van der Waals surface area contributed by atoms with Crippen molar-refractivity contribution in [2.45, 2.75) is 38.8 Å². The molecule has 4 rings (SSSR count). The average Bonchev–Trinajstić information content (AvgIpc) is 3.47. The van der Waals surface area contributed by atoms with Gasteiger partial charge in [0.25, 0.3) is 11.7 Å².